The van der Waals surface area contributed by atoms with Crippen molar-refractivity contribution in [2.24, 2.45) is 0 Å². The van der Waals surface area contributed by atoms with Crippen molar-refractivity contribution in [2.75, 3.05) is 25.5 Å². The Kier molecular flexibility index (Phi) is 4.71. The molecule has 1 aliphatic heterocycles. The lowest BCUT2D eigenvalue weighted by Gasteiger charge is -2.27. The number of hydrogen-bond acceptors (Lipinski definition) is 6. The average Bonchev–Trinajstić information content (AvgIpc) is 2.96. The molecule has 0 fully saturated rings. The van der Waals surface area contributed by atoms with E-state index in [2.05, 4.69) is 20.0 Å². The molecule has 0 aromatic carbocycles. The Bertz CT molecular complexity index is 765. The van der Waals surface area contributed by atoms with Gasteiger partial charge >= 0.3 is 0 Å². The first kappa shape index (κ1) is 17.3. The van der Waals surface area contributed by atoms with Crippen LogP contribution in [0.3, 0.4) is 0 Å². The molecule has 1 amide bonds. The van der Waals surface area contributed by atoms with Gasteiger partial charge in [-0.05, 0) is 26.0 Å². The van der Waals surface area contributed by atoms with E-state index in [-0.39, 0.29) is 12.3 Å². The van der Waals surface area contributed by atoms with Gasteiger partial charge in [-0.3, -0.25) is 9.48 Å². The maximum atomic E-state index is 11.8. The SMILES string of the molecule is Cc1cc(C)nc(N2CCn3nc(C(O)CC(=O)N(C)C)cc3C2)n1. The van der Waals surface area contributed by atoms with Gasteiger partial charge in [-0.25, -0.2) is 9.97 Å². The van der Waals surface area contributed by atoms with Crippen LogP contribution in [-0.2, 0) is 17.9 Å². The van der Waals surface area contributed by atoms with E-state index in [0.717, 1.165) is 29.6 Å². The summed E-state index contributed by atoms with van der Waals surface area (Å²) >= 11 is 0. The zero-order valence-electron chi connectivity index (χ0n) is 15.1. The van der Waals surface area contributed by atoms with Crippen LogP contribution in [-0.4, -0.2) is 56.3 Å². The van der Waals surface area contributed by atoms with Gasteiger partial charge in [-0.1, -0.05) is 0 Å². The molecule has 0 bridgehead atoms. The van der Waals surface area contributed by atoms with Crippen molar-refractivity contribution in [1.82, 2.24) is 24.6 Å². The van der Waals surface area contributed by atoms with Gasteiger partial charge < -0.3 is 14.9 Å². The Morgan fingerprint density at radius 3 is 2.56 bits per heavy atom. The summed E-state index contributed by atoms with van der Waals surface area (Å²) in [5, 5.41) is 14.7. The molecule has 2 aromatic rings. The molecule has 8 heteroatoms. The number of fused-ring (bicyclic) bond motifs is 1. The van der Waals surface area contributed by atoms with Crippen molar-refractivity contribution in [3.63, 3.8) is 0 Å². The third kappa shape index (κ3) is 3.79. The third-order valence-corrected chi connectivity index (χ3v) is 4.28. The number of aromatic nitrogens is 4. The fraction of sp³-hybridized carbons (Fsp3) is 0.529. The van der Waals surface area contributed by atoms with Crippen molar-refractivity contribution in [3.8, 4) is 0 Å². The van der Waals surface area contributed by atoms with E-state index in [1.807, 2.05) is 30.7 Å². The number of aliphatic hydroxyl groups is 1. The minimum absolute atomic E-state index is 0.0351. The molecule has 25 heavy (non-hydrogen) atoms. The number of aliphatic hydroxyl groups excluding tert-OH is 1. The van der Waals surface area contributed by atoms with Gasteiger partial charge in [0.2, 0.25) is 11.9 Å². The van der Waals surface area contributed by atoms with Crippen molar-refractivity contribution in [2.45, 2.75) is 39.5 Å². The van der Waals surface area contributed by atoms with Crippen molar-refractivity contribution in [3.05, 3.63) is 34.9 Å². The number of rotatable bonds is 4. The minimum atomic E-state index is -0.890. The highest BCUT2D eigenvalue weighted by Gasteiger charge is 2.24. The van der Waals surface area contributed by atoms with E-state index in [1.165, 1.54) is 4.90 Å². The van der Waals surface area contributed by atoms with Gasteiger partial charge in [-0.15, -0.1) is 0 Å². The summed E-state index contributed by atoms with van der Waals surface area (Å²) in [5.41, 5.74) is 3.41. The summed E-state index contributed by atoms with van der Waals surface area (Å²) in [7, 11) is 3.35. The minimum Gasteiger partial charge on any atom is -0.386 e. The summed E-state index contributed by atoms with van der Waals surface area (Å²) in [4.78, 5) is 24.4. The predicted octanol–water partition coefficient (Wildman–Crippen LogP) is 0.822. The van der Waals surface area contributed by atoms with Crippen LogP contribution in [0, 0.1) is 13.8 Å². The van der Waals surface area contributed by atoms with Crippen LogP contribution in [0.5, 0.6) is 0 Å². The van der Waals surface area contributed by atoms with Crippen LogP contribution in [0.4, 0.5) is 5.95 Å². The fourth-order valence-electron chi connectivity index (χ4n) is 2.92. The second-order valence-corrected chi connectivity index (χ2v) is 6.66. The van der Waals surface area contributed by atoms with Crippen molar-refractivity contribution in [1.29, 1.82) is 0 Å². The summed E-state index contributed by atoms with van der Waals surface area (Å²) in [6.45, 7) is 6.00. The Morgan fingerprint density at radius 1 is 1.24 bits per heavy atom. The van der Waals surface area contributed by atoms with E-state index in [1.54, 1.807) is 14.1 Å². The number of nitrogens with zero attached hydrogens (tertiary/aromatic N) is 6. The van der Waals surface area contributed by atoms with Crippen LogP contribution in [0.1, 0.15) is 35.3 Å². The average molecular weight is 344 g/mol. The molecule has 1 atom stereocenters. The number of hydrogen-bond donors (Lipinski definition) is 1. The maximum Gasteiger partial charge on any atom is 0.226 e. The second kappa shape index (κ2) is 6.79. The highest BCUT2D eigenvalue weighted by molar-refractivity contribution is 5.76. The van der Waals surface area contributed by atoms with E-state index >= 15 is 0 Å². The van der Waals surface area contributed by atoms with E-state index < -0.39 is 6.10 Å². The zero-order chi connectivity index (χ0) is 18.1. The summed E-state index contributed by atoms with van der Waals surface area (Å²) in [6.07, 6.45) is -0.855. The highest BCUT2D eigenvalue weighted by Crippen LogP contribution is 2.23. The number of carbonyl (C=O) groups is 1. The summed E-state index contributed by atoms with van der Waals surface area (Å²) in [5.74, 6) is 0.596. The first-order valence-corrected chi connectivity index (χ1v) is 8.35. The number of aryl methyl sites for hydroxylation is 2. The maximum absolute atomic E-state index is 11.8. The Balaban J connectivity index is 1.76. The molecular formula is C17H24N6O2. The van der Waals surface area contributed by atoms with Crippen LogP contribution in [0.25, 0.3) is 0 Å². The van der Waals surface area contributed by atoms with Gasteiger partial charge in [0, 0.05) is 32.0 Å². The van der Waals surface area contributed by atoms with E-state index in [4.69, 9.17) is 0 Å². The van der Waals surface area contributed by atoms with Gasteiger partial charge in [0.25, 0.3) is 0 Å². The normalized spacial score (nSPS) is 15.0. The lowest BCUT2D eigenvalue weighted by atomic mass is 10.1. The van der Waals surface area contributed by atoms with Gasteiger partial charge in [0.1, 0.15) is 6.10 Å². The lowest BCUT2D eigenvalue weighted by molar-refractivity contribution is -0.130. The summed E-state index contributed by atoms with van der Waals surface area (Å²) < 4.78 is 1.89. The quantitative estimate of drug-likeness (QED) is 0.884. The summed E-state index contributed by atoms with van der Waals surface area (Å²) in [6, 6.07) is 3.82. The Morgan fingerprint density at radius 2 is 1.92 bits per heavy atom. The van der Waals surface area contributed by atoms with E-state index in [0.29, 0.717) is 18.8 Å². The molecule has 0 aliphatic carbocycles. The van der Waals surface area contributed by atoms with Crippen LogP contribution < -0.4 is 4.90 Å². The Hall–Kier alpha value is -2.48. The van der Waals surface area contributed by atoms with Crippen LogP contribution in [0.2, 0.25) is 0 Å². The van der Waals surface area contributed by atoms with Crippen molar-refractivity contribution >= 4 is 11.9 Å². The van der Waals surface area contributed by atoms with Gasteiger partial charge in [0.15, 0.2) is 0 Å². The molecule has 1 N–H and O–H groups in total. The zero-order valence-corrected chi connectivity index (χ0v) is 15.1. The first-order chi connectivity index (χ1) is 11.8. The molecule has 0 spiro atoms. The van der Waals surface area contributed by atoms with Gasteiger partial charge in [0.05, 0.1) is 30.9 Å². The molecule has 0 saturated carbocycles. The van der Waals surface area contributed by atoms with Crippen molar-refractivity contribution < 1.29 is 9.90 Å². The number of anilines is 1. The highest BCUT2D eigenvalue weighted by atomic mass is 16.3. The molecule has 3 heterocycles. The molecule has 0 radical (unpaired) electrons. The standard InChI is InChI=1S/C17H24N6O2/c1-11-7-12(2)19-17(18-11)22-5-6-23-13(10-22)8-14(20-23)15(24)9-16(25)21(3)4/h7-8,15,24H,5-6,9-10H2,1-4H3. The molecule has 0 saturated heterocycles. The number of amides is 1. The number of carbonyl (C=O) groups excluding carboxylic acids is 1. The fourth-order valence-corrected chi connectivity index (χ4v) is 2.92. The predicted molar refractivity (Wildman–Crippen MR) is 93.1 cm³/mol. The van der Waals surface area contributed by atoms with Crippen LogP contribution in [0.15, 0.2) is 12.1 Å². The Labute approximate surface area is 147 Å². The first-order valence-electron chi connectivity index (χ1n) is 8.35. The lowest BCUT2D eigenvalue weighted by Crippen LogP contribution is -2.35. The molecular weight excluding hydrogens is 320 g/mol. The third-order valence-electron chi connectivity index (χ3n) is 4.28. The molecule has 3 rings (SSSR count). The largest absolute Gasteiger partial charge is 0.386 e. The van der Waals surface area contributed by atoms with E-state index in [9.17, 15) is 9.90 Å². The molecule has 1 unspecified atom stereocenters. The topological polar surface area (TPSA) is 87.4 Å². The van der Waals surface area contributed by atoms with Crippen LogP contribution >= 0.6 is 0 Å². The molecule has 8 nitrogen and oxygen atoms in total. The van der Waals surface area contributed by atoms with Gasteiger partial charge in [-0.2, -0.15) is 5.10 Å². The molecule has 2 aromatic heterocycles. The smallest absolute Gasteiger partial charge is 0.226 e. The molecule has 134 valence electrons. The molecule has 1 aliphatic rings. The second-order valence-electron chi connectivity index (χ2n) is 6.66. The monoisotopic (exact) mass is 344 g/mol.